The predicted octanol–water partition coefficient (Wildman–Crippen LogP) is 3.52. The fraction of sp³-hybridized carbons (Fsp3) is 0.0625. The number of phenols is 2. The van der Waals surface area contributed by atoms with Crippen LogP contribution in [0, 0.1) is 0 Å². The van der Waals surface area contributed by atoms with Crippen molar-refractivity contribution in [2.45, 2.75) is 10.9 Å². The number of aromatic nitrogens is 3. The lowest BCUT2D eigenvalue weighted by molar-refractivity contribution is 0.403. The summed E-state index contributed by atoms with van der Waals surface area (Å²) in [5, 5.41) is 32.7. The first-order chi connectivity index (χ1) is 11.6. The van der Waals surface area contributed by atoms with Crippen LogP contribution in [0.4, 0.5) is 0 Å². The molecule has 24 heavy (non-hydrogen) atoms. The van der Waals surface area contributed by atoms with Gasteiger partial charge in [0.25, 0.3) is 0 Å². The molecule has 0 spiro atoms. The summed E-state index contributed by atoms with van der Waals surface area (Å²) in [5.74, 6) is 0.285. The van der Waals surface area contributed by atoms with Gasteiger partial charge >= 0.3 is 0 Å². The zero-order valence-corrected chi connectivity index (χ0v) is 13.9. The Bertz CT molecular complexity index is 865. The van der Waals surface area contributed by atoms with E-state index in [-0.39, 0.29) is 11.5 Å². The van der Waals surface area contributed by atoms with E-state index in [0.717, 1.165) is 5.56 Å². The van der Waals surface area contributed by atoms with Crippen molar-refractivity contribution in [3.8, 4) is 11.5 Å². The zero-order valence-electron chi connectivity index (χ0n) is 12.4. The Hall–Kier alpha value is -2.51. The molecule has 0 aliphatic heterocycles. The summed E-state index contributed by atoms with van der Waals surface area (Å²) in [6.45, 7) is 0. The summed E-state index contributed by atoms with van der Waals surface area (Å²) in [7, 11) is 0. The first kappa shape index (κ1) is 16.4. The van der Waals surface area contributed by atoms with Crippen LogP contribution in [0.1, 0.15) is 11.1 Å². The van der Waals surface area contributed by atoms with Crippen LogP contribution in [0.25, 0.3) is 0 Å². The van der Waals surface area contributed by atoms with Crippen molar-refractivity contribution in [3.05, 3.63) is 64.9 Å². The number of thioether (sulfide) groups is 1. The molecule has 0 aliphatic carbocycles. The lowest BCUT2D eigenvalue weighted by atomic mass is 10.2. The molecular formula is C16H13ClN4O2S. The molecule has 1 aromatic heterocycles. The minimum atomic E-state index is -0.218. The lowest BCUT2D eigenvalue weighted by Crippen LogP contribution is -1.93. The average molecular weight is 361 g/mol. The van der Waals surface area contributed by atoms with Gasteiger partial charge in [-0.1, -0.05) is 41.6 Å². The molecule has 0 radical (unpaired) electrons. The Morgan fingerprint density at radius 2 is 1.96 bits per heavy atom. The van der Waals surface area contributed by atoms with Crippen molar-refractivity contribution in [3.63, 3.8) is 0 Å². The molecule has 0 amide bonds. The van der Waals surface area contributed by atoms with Crippen molar-refractivity contribution in [1.29, 1.82) is 0 Å². The molecule has 1 heterocycles. The molecule has 3 rings (SSSR count). The summed E-state index contributed by atoms with van der Waals surface area (Å²) in [6.07, 6.45) is 2.91. The zero-order chi connectivity index (χ0) is 16.9. The topological polar surface area (TPSA) is 83.5 Å². The highest BCUT2D eigenvalue weighted by atomic mass is 35.5. The van der Waals surface area contributed by atoms with E-state index in [1.807, 2.05) is 24.3 Å². The third kappa shape index (κ3) is 3.87. The third-order valence-electron chi connectivity index (χ3n) is 3.15. The molecule has 0 aliphatic rings. The first-order valence-corrected chi connectivity index (χ1v) is 8.32. The van der Waals surface area contributed by atoms with E-state index in [1.165, 1.54) is 35.0 Å². The molecule has 122 valence electrons. The summed E-state index contributed by atoms with van der Waals surface area (Å²) in [6, 6.07) is 12.2. The van der Waals surface area contributed by atoms with Gasteiger partial charge in [-0.3, -0.25) is 0 Å². The second-order valence-electron chi connectivity index (χ2n) is 4.83. The highest BCUT2D eigenvalue weighted by Gasteiger charge is 2.06. The summed E-state index contributed by atoms with van der Waals surface area (Å²) >= 11 is 7.35. The molecule has 0 saturated heterocycles. The lowest BCUT2D eigenvalue weighted by Gasteiger charge is -2.03. The average Bonchev–Trinajstić information content (AvgIpc) is 3.03. The first-order valence-electron chi connectivity index (χ1n) is 6.96. The molecule has 0 unspecified atom stereocenters. The maximum Gasteiger partial charge on any atom is 0.212 e. The Morgan fingerprint density at radius 3 is 2.75 bits per heavy atom. The summed E-state index contributed by atoms with van der Waals surface area (Å²) in [5.41, 5.74) is 1.51. The molecule has 0 bridgehead atoms. The van der Waals surface area contributed by atoms with Crippen molar-refractivity contribution in [1.82, 2.24) is 14.9 Å². The van der Waals surface area contributed by atoms with Gasteiger partial charge in [-0.2, -0.15) is 9.78 Å². The Labute approximate surface area is 147 Å². The fourth-order valence-corrected chi connectivity index (χ4v) is 2.84. The van der Waals surface area contributed by atoms with E-state index in [1.54, 1.807) is 12.1 Å². The van der Waals surface area contributed by atoms with Crippen LogP contribution in [-0.4, -0.2) is 31.3 Å². The van der Waals surface area contributed by atoms with Crippen LogP contribution in [-0.2, 0) is 5.75 Å². The van der Waals surface area contributed by atoms with Gasteiger partial charge in [-0.05, 0) is 29.8 Å². The smallest absolute Gasteiger partial charge is 0.212 e. The standard InChI is InChI=1S/C16H13ClN4O2S/c17-13-6-4-11(5-7-13)9-24-16-20-18-10-21(16)19-8-12-2-1-3-14(22)15(12)23/h1-8,10,22-23H,9H2. The Kier molecular flexibility index (Phi) is 5.02. The van der Waals surface area contributed by atoms with Crippen molar-refractivity contribution in [2.24, 2.45) is 5.10 Å². The number of aromatic hydroxyl groups is 2. The predicted molar refractivity (Wildman–Crippen MR) is 93.8 cm³/mol. The number of rotatable bonds is 5. The van der Waals surface area contributed by atoms with Gasteiger partial charge in [0.15, 0.2) is 11.5 Å². The largest absolute Gasteiger partial charge is 0.504 e. The molecule has 0 fully saturated rings. The van der Waals surface area contributed by atoms with Gasteiger partial charge in [-0.25, -0.2) is 0 Å². The SMILES string of the molecule is Oc1cccc(C=Nn2cnnc2SCc2ccc(Cl)cc2)c1O. The van der Waals surface area contributed by atoms with Crippen molar-refractivity contribution in [2.75, 3.05) is 0 Å². The maximum absolute atomic E-state index is 9.77. The number of halogens is 1. The Balaban J connectivity index is 1.72. The van der Waals surface area contributed by atoms with Crippen LogP contribution in [0.15, 0.2) is 59.0 Å². The molecule has 0 saturated carbocycles. The van der Waals surface area contributed by atoms with E-state index >= 15 is 0 Å². The number of para-hydroxylation sites is 1. The van der Waals surface area contributed by atoms with Crippen molar-refractivity contribution < 1.29 is 10.2 Å². The quantitative estimate of drug-likeness (QED) is 0.413. The minimum Gasteiger partial charge on any atom is -0.504 e. The molecule has 6 nitrogen and oxygen atoms in total. The summed E-state index contributed by atoms with van der Waals surface area (Å²) < 4.78 is 1.50. The maximum atomic E-state index is 9.77. The monoisotopic (exact) mass is 360 g/mol. The highest BCUT2D eigenvalue weighted by molar-refractivity contribution is 7.98. The van der Waals surface area contributed by atoms with Crippen LogP contribution in [0.3, 0.4) is 0 Å². The van der Waals surface area contributed by atoms with Gasteiger partial charge < -0.3 is 10.2 Å². The van der Waals surface area contributed by atoms with Crippen LogP contribution in [0.2, 0.25) is 5.02 Å². The second kappa shape index (κ2) is 7.37. The fourth-order valence-electron chi connectivity index (χ4n) is 1.90. The number of hydrogen-bond donors (Lipinski definition) is 2. The normalized spacial score (nSPS) is 11.2. The molecule has 0 atom stereocenters. The van der Waals surface area contributed by atoms with E-state index in [9.17, 15) is 10.2 Å². The van der Waals surface area contributed by atoms with Crippen LogP contribution >= 0.6 is 23.4 Å². The summed E-state index contributed by atoms with van der Waals surface area (Å²) in [4.78, 5) is 0. The van der Waals surface area contributed by atoms with E-state index in [2.05, 4.69) is 15.3 Å². The van der Waals surface area contributed by atoms with Gasteiger partial charge in [0.05, 0.1) is 6.21 Å². The number of phenolic OH excluding ortho intramolecular Hbond substituents is 2. The number of nitrogens with zero attached hydrogens (tertiary/aromatic N) is 4. The van der Waals surface area contributed by atoms with E-state index in [4.69, 9.17) is 11.6 Å². The molecule has 8 heteroatoms. The van der Waals surface area contributed by atoms with Gasteiger partial charge in [0.1, 0.15) is 6.33 Å². The van der Waals surface area contributed by atoms with Gasteiger partial charge in [-0.15, -0.1) is 10.2 Å². The second-order valence-corrected chi connectivity index (χ2v) is 6.21. The van der Waals surface area contributed by atoms with E-state index < -0.39 is 0 Å². The van der Waals surface area contributed by atoms with Gasteiger partial charge in [0, 0.05) is 16.3 Å². The molecule has 2 N–H and O–H groups in total. The molecule has 3 aromatic rings. The number of benzene rings is 2. The van der Waals surface area contributed by atoms with Gasteiger partial charge in [0.2, 0.25) is 5.16 Å². The number of hydrogen-bond acceptors (Lipinski definition) is 6. The Morgan fingerprint density at radius 1 is 1.17 bits per heavy atom. The molecular weight excluding hydrogens is 348 g/mol. The van der Waals surface area contributed by atoms with Crippen LogP contribution in [0.5, 0.6) is 11.5 Å². The minimum absolute atomic E-state index is 0.194. The molecule has 2 aromatic carbocycles. The highest BCUT2D eigenvalue weighted by Crippen LogP contribution is 2.27. The van der Waals surface area contributed by atoms with E-state index in [0.29, 0.717) is 21.5 Å². The van der Waals surface area contributed by atoms with Crippen molar-refractivity contribution >= 4 is 29.6 Å². The third-order valence-corrected chi connectivity index (χ3v) is 4.41. The van der Waals surface area contributed by atoms with Crippen LogP contribution < -0.4 is 0 Å².